The number of hydrogen-bond acceptors (Lipinski definition) is 3. The summed E-state index contributed by atoms with van der Waals surface area (Å²) in [4.78, 5) is 2.45. The summed E-state index contributed by atoms with van der Waals surface area (Å²) in [7, 11) is 0. The standard InChI is InChI=1S/C17H25NO2/c19-16-8-3-1-2-6-14(16)12-18-10-11-20-17-9-5-4-7-15(17)13-18/h4-5,7,9,14,16,19H,1-3,6,8,10-13H2. The van der Waals surface area contributed by atoms with Crippen LogP contribution in [0.25, 0.3) is 0 Å². The summed E-state index contributed by atoms with van der Waals surface area (Å²) in [6.07, 6.45) is 5.76. The molecule has 0 bridgehead atoms. The fourth-order valence-corrected chi connectivity index (χ4v) is 3.45. The average Bonchev–Trinajstić information content (AvgIpc) is 2.78. The van der Waals surface area contributed by atoms with E-state index in [0.717, 1.165) is 38.4 Å². The first-order valence-corrected chi connectivity index (χ1v) is 7.94. The van der Waals surface area contributed by atoms with Crippen molar-refractivity contribution in [2.75, 3.05) is 19.7 Å². The normalized spacial score (nSPS) is 28.1. The van der Waals surface area contributed by atoms with E-state index in [-0.39, 0.29) is 6.10 Å². The Labute approximate surface area is 121 Å². The van der Waals surface area contributed by atoms with Gasteiger partial charge >= 0.3 is 0 Å². The molecule has 1 aliphatic heterocycles. The van der Waals surface area contributed by atoms with Gasteiger partial charge in [0.2, 0.25) is 0 Å². The summed E-state index contributed by atoms with van der Waals surface area (Å²) < 4.78 is 5.82. The van der Waals surface area contributed by atoms with Gasteiger partial charge in [-0.05, 0) is 24.8 Å². The number of ether oxygens (including phenoxy) is 1. The van der Waals surface area contributed by atoms with Gasteiger partial charge in [-0.3, -0.25) is 4.90 Å². The quantitative estimate of drug-likeness (QED) is 0.842. The van der Waals surface area contributed by atoms with Crippen LogP contribution in [-0.2, 0) is 6.54 Å². The summed E-state index contributed by atoms with van der Waals surface area (Å²) in [5, 5.41) is 10.3. The molecule has 3 rings (SSSR count). The molecule has 1 aliphatic carbocycles. The van der Waals surface area contributed by atoms with Gasteiger partial charge in [-0.1, -0.05) is 37.5 Å². The van der Waals surface area contributed by atoms with Gasteiger partial charge < -0.3 is 9.84 Å². The van der Waals surface area contributed by atoms with Crippen molar-refractivity contribution in [1.82, 2.24) is 4.90 Å². The molecule has 0 amide bonds. The second-order valence-electron chi connectivity index (χ2n) is 6.16. The maximum absolute atomic E-state index is 10.3. The first-order chi connectivity index (χ1) is 9.83. The summed E-state index contributed by atoms with van der Waals surface area (Å²) >= 11 is 0. The van der Waals surface area contributed by atoms with Crippen molar-refractivity contribution < 1.29 is 9.84 Å². The van der Waals surface area contributed by atoms with Crippen molar-refractivity contribution in [3.63, 3.8) is 0 Å². The lowest BCUT2D eigenvalue weighted by atomic mass is 9.96. The molecule has 2 aliphatic rings. The molecule has 1 aromatic rings. The van der Waals surface area contributed by atoms with Gasteiger partial charge in [-0.15, -0.1) is 0 Å². The first-order valence-electron chi connectivity index (χ1n) is 7.94. The predicted octanol–water partition coefficient (Wildman–Crippen LogP) is 2.82. The second-order valence-corrected chi connectivity index (χ2v) is 6.16. The lowest BCUT2D eigenvalue weighted by Crippen LogP contribution is -2.35. The first kappa shape index (κ1) is 13.9. The molecule has 2 atom stereocenters. The lowest BCUT2D eigenvalue weighted by molar-refractivity contribution is 0.0697. The third-order valence-electron chi connectivity index (χ3n) is 4.64. The van der Waals surface area contributed by atoms with Crippen molar-refractivity contribution in [3.8, 4) is 5.75 Å². The number of fused-ring (bicyclic) bond motifs is 1. The zero-order valence-corrected chi connectivity index (χ0v) is 12.1. The van der Waals surface area contributed by atoms with Crippen molar-refractivity contribution in [2.24, 2.45) is 5.92 Å². The Hall–Kier alpha value is -1.06. The summed E-state index contributed by atoms with van der Waals surface area (Å²) in [5.74, 6) is 1.46. The minimum absolute atomic E-state index is 0.114. The van der Waals surface area contributed by atoms with Crippen LogP contribution in [0.2, 0.25) is 0 Å². The van der Waals surface area contributed by atoms with Gasteiger partial charge in [0, 0.05) is 25.2 Å². The highest BCUT2D eigenvalue weighted by molar-refractivity contribution is 5.33. The van der Waals surface area contributed by atoms with E-state index in [4.69, 9.17) is 4.74 Å². The third kappa shape index (κ3) is 3.33. The van der Waals surface area contributed by atoms with Crippen LogP contribution in [0.5, 0.6) is 5.75 Å². The molecule has 0 saturated heterocycles. The zero-order valence-electron chi connectivity index (χ0n) is 12.1. The van der Waals surface area contributed by atoms with Crippen molar-refractivity contribution in [3.05, 3.63) is 29.8 Å². The molecule has 20 heavy (non-hydrogen) atoms. The van der Waals surface area contributed by atoms with Crippen LogP contribution < -0.4 is 4.74 Å². The maximum Gasteiger partial charge on any atom is 0.123 e. The van der Waals surface area contributed by atoms with E-state index in [1.807, 2.05) is 6.07 Å². The highest BCUT2D eigenvalue weighted by Crippen LogP contribution is 2.27. The largest absolute Gasteiger partial charge is 0.492 e. The molecule has 0 spiro atoms. The van der Waals surface area contributed by atoms with Crippen molar-refractivity contribution in [2.45, 2.75) is 44.8 Å². The van der Waals surface area contributed by atoms with Crippen molar-refractivity contribution in [1.29, 1.82) is 0 Å². The fraction of sp³-hybridized carbons (Fsp3) is 0.647. The van der Waals surface area contributed by atoms with Crippen LogP contribution in [0.1, 0.15) is 37.7 Å². The average molecular weight is 275 g/mol. The molecule has 2 unspecified atom stereocenters. The van der Waals surface area contributed by atoms with Crippen LogP contribution in [0.3, 0.4) is 0 Å². The Kier molecular flexibility index (Phi) is 4.58. The lowest BCUT2D eigenvalue weighted by Gasteiger charge is -2.28. The Morgan fingerprint density at radius 1 is 1.15 bits per heavy atom. The molecule has 1 heterocycles. The minimum Gasteiger partial charge on any atom is -0.492 e. The monoisotopic (exact) mass is 275 g/mol. The second kappa shape index (κ2) is 6.59. The van der Waals surface area contributed by atoms with Gasteiger partial charge in [-0.2, -0.15) is 0 Å². The van der Waals surface area contributed by atoms with Gasteiger partial charge in [0.15, 0.2) is 0 Å². The number of hydrogen-bond donors (Lipinski definition) is 1. The van der Waals surface area contributed by atoms with Crippen LogP contribution >= 0.6 is 0 Å². The minimum atomic E-state index is -0.114. The number of nitrogens with zero attached hydrogens (tertiary/aromatic N) is 1. The summed E-state index contributed by atoms with van der Waals surface area (Å²) in [6.45, 7) is 3.65. The zero-order chi connectivity index (χ0) is 13.8. The molecule has 1 fully saturated rings. The molecule has 110 valence electrons. The molecular weight excluding hydrogens is 250 g/mol. The van der Waals surface area contributed by atoms with E-state index in [0.29, 0.717) is 5.92 Å². The highest BCUT2D eigenvalue weighted by Gasteiger charge is 2.25. The Morgan fingerprint density at radius 3 is 2.95 bits per heavy atom. The van der Waals surface area contributed by atoms with Crippen LogP contribution in [0.4, 0.5) is 0 Å². The van der Waals surface area contributed by atoms with Crippen LogP contribution in [0, 0.1) is 5.92 Å². The molecule has 0 radical (unpaired) electrons. The highest BCUT2D eigenvalue weighted by atomic mass is 16.5. The third-order valence-corrected chi connectivity index (χ3v) is 4.64. The van der Waals surface area contributed by atoms with Gasteiger partial charge in [0.1, 0.15) is 12.4 Å². The van der Waals surface area contributed by atoms with E-state index in [2.05, 4.69) is 23.1 Å². The number of aliphatic hydroxyl groups excluding tert-OH is 1. The van der Waals surface area contributed by atoms with E-state index in [1.54, 1.807) is 0 Å². The summed E-state index contributed by atoms with van der Waals surface area (Å²) in [6, 6.07) is 8.31. The van der Waals surface area contributed by atoms with Crippen LogP contribution in [-0.4, -0.2) is 35.8 Å². The van der Waals surface area contributed by atoms with Gasteiger partial charge in [-0.25, -0.2) is 0 Å². The topological polar surface area (TPSA) is 32.7 Å². The molecule has 1 saturated carbocycles. The van der Waals surface area contributed by atoms with Crippen molar-refractivity contribution >= 4 is 0 Å². The molecular formula is C17H25NO2. The van der Waals surface area contributed by atoms with Crippen LogP contribution in [0.15, 0.2) is 24.3 Å². The number of aliphatic hydroxyl groups is 1. The number of para-hydroxylation sites is 1. The number of rotatable bonds is 2. The predicted molar refractivity (Wildman–Crippen MR) is 79.8 cm³/mol. The molecule has 0 aromatic heterocycles. The fourth-order valence-electron chi connectivity index (χ4n) is 3.45. The Balaban J connectivity index is 1.65. The van der Waals surface area contributed by atoms with Gasteiger partial charge in [0.25, 0.3) is 0 Å². The van der Waals surface area contributed by atoms with E-state index in [9.17, 15) is 5.11 Å². The molecule has 3 heteroatoms. The molecule has 1 N–H and O–H groups in total. The Morgan fingerprint density at radius 2 is 2.00 bits per heavy atom. The van der Waals surface area contributed by atoms with E-state index >= 15 is 0 Å². The summed E-state index contributed by atoms with van der Waals surface area (Å²) in [5.41, 5.74) is 1.27. The smallest absolute Gasteiger partial charge is 0.123 e. The molecule has 3 nitrogen and oxygen atoms in total. The van der Waals surface area contributed by atoms with E-state index in [1.165, 1.54) is 31.2 Å². The molecule has 1 aromatic carbocycles. The maximum atomic E-state index is 10.3. The van der Waals surface area contributed by atoms with E-state index < -0.39 is 0 Å². The SMILES string of the molecule is OC1CCCCCC1CN1CCOc2ccccc2C1. The number of benzene rings is 1. The Bertz CT molecular complexity index is 435. The van der Waals surface area contributed by atoms with Gasteiger partial charge in [0.05, 0.1) is 6.10 Å².